The summed E-state index contributed by atoms with van der Waals surface area (Å²) in [6, 6.07) is 16.2. The minimum absolute atomic E-state index is 0.125. The second-order valence-electron chi connectivity index (χ2n) is 7.81. The van der Waals surface area contributed by atoms with Crippen LogP contribution in [0, 0.1) is 12.3 Å². The highest BCUT2D eigenvalue weighted by Gasteiger charge is 2.28. The van der Waals surface area contributed by atoms with Gasteiger partial charge >= 0.3 is 0 Å². The summed E-state index contributed by atoms with van der Waals surface area (Å²) in [5, 5.41) is 7.55. The van der Waals surface area contributed by atoms with E-state index in [0.29, 0.717) is 18.5 Å². The fourth-order valence-corrected chi connectivity index (χ4v) is 4.36. The lowest BCUT2D eigenvalue weighted by Crippen LogP contribution is -2.16. The average Bonchev–Trinajstić information content (AvgIpc) is 3.25. The van der Waals surface area contributed by atoms with Crippen LogP contribution in [0.25, 0.3) is 16.9 Å². The molecule has 3 N–H and O–H groups in total. The number of terminal acetylenes is 1. The standard InChI is InChI=1S/C26H18ClN5O2/c1-2-15-5-10-18(11-6-15)32-23-19(22(31-32)25(28)33)12-8-16-7-9-17(14-21(16)23)30-26(34)20-4-3-13-29-24(20)27/h1,3-7,9-11,13-14H,8,12H2,(H2,28,33)(H,30,34). The maximum Gasteiger partial charge on any atom is 0.269 e. The average molecular weight is 468 g/mol. The largest absolute Gasteiger partial charge is 0.364 e. The van der Waals surface area contributed by atoms with E-state index in [4.69, 9.17) is 23.8 Å². The Morgan fingerprint density at radius 2 is 1.91 bits per heavy atom. The monoisotopic (exact) mass is 467 g/mol. The molecule has 2 amide bonds. The van der Waals surface area contributed by atoms with Crippen molar-refractivity contribution in [3.8, 4) is 29.3 Å². The lowest BCUT2D eigenvalue weighted by atomic mass is 9.88. The van der Waals surface area contributed by atoms with Crippen LogP contribution in [-0.4, -0.2) is 26.6 Å². The number of rotatable bonds is 4. The third kappa shape index (κ3) is 3.70. The molecular weight excluding hydrogens is 450 g/mol. The molecule has 0 saturated heterocycles. The van der Waals surface area contributed by atoms with Crippen LogP contribution in [0.1, 0.15) is 37.5 Å². The molecule has 5 rings (SSSR count). The number of aromatic nitrogens is 3. The number of nitrogens with one attached hydrogen (secondary N) is 1. The van der Waals surface area contributed by atoms with Gasteiger partial charge in [-0.25, -0.2) is 9.67 Å². The second kappa shape index (κ2) is 8.50. The van der Waals surface area contributed by atoms with Gasteiger partial charge in [0, 0.05) is 28.6 Å². The van der Waals surface area contributed by atoms with Gasteiger partial charge in [0.05, 0.1) is 16.9 Å². The number of hydrogen-bond donors (Lipinski definition) is 2. The third-order valence-corrected chi connectivity index (χ3v) is 6.07. The van der Waals surface area contributed by atoms with E-state index < -0.39 is 5.91 Å². The second-order valence-corrected chi connectivity index (χ2v) is 8.17. The van der Waals surface area contributed by atoms with Crippen LogP contribution in [0.5, 0.6) is 0 Å². The summed E-state index contributed by atoms with van der Waals surface area (Å²) >= 11 is 6.07. The first-order chi connectivity index (χ1) is 16.5. The number of carbonyl (C=O) groups is 2. The Balaban J connectivity index is 1.61. The molecule has 0 saturated carbocycles. The lowest BCUT2D eigenvalue weighted by Gasteiger charge is -2.20. The number of carbonyl (C=O) groups excluding carboxylic acids is 2. The molecule has 34 heavy (non-hydrogen) atoms. The van der Waals surface area contributed by atoms with Crippen LogP contribution < -0.4 is 11.1 Å². The third-order valence-electron chi connectivity index (χ3n) is 5.77. The normalized spacial score (nSPS) is 11.8. The Labute approximate surface area is 200 Å². The van der Waals surface area contributed by atoms with Crippen molar-refractivity contribution in [3.05, 3.63) is 93.9 Å². The Morgan fingerprint density at radius 1 is 1.12 bits per heavy atom. The van der Waals surface area contributed by atoms with Crippen LogP contribution in [-0.2, 0) is 12.8 Å². The predicted octanol–water partition coefficient (Wildman–Crippen LogP) is 4.02. The van der Waals surface area contributed by atoms with Gasteiger partial charge in [0.25, 0.3) is 11.8 Å². The van der Waals surface area contributed by atoms with E-state index in [1.807, 2.05) is 42.5 Å². The number of primary amides is 1. The smallest absolute Gasteiger partial charge is 0.269 e. The number of aryl methyl sites for hydroxylation is 1. The summed E-state index contributed by atoms with van der Waals surface area (Å²) in [5.41, 5.74) is 11.7. The molecule has 166 valence electrons. The maximum absolute atomic E-state index is 12.8. The van der Waals surface area contributed by atoms with E-state index in [1.165, 1.54) is 6.20 Å². The quantitative estimate of drug-likeness (QED) is 0.349. The minimum Gasteiger partial charge on any atom is -0.364 e. The Hall–Kier alpha value is -4.41. The number of fused-ring (bicyclic) bond motifs is 3. The van der Waals surface area contributed by atoms with Gasteiger partial charge in [0.15, 0.2) is 5.69 Å². The predicted molar refractivity (Wildman–Crippen MR) is 130 cm³/mol. The number of hydrogen-bond acceptors (Lipinski definition) is 4. The zero-order valence-electron chi connectivity index (χ0n) is 17.9. The lowest BCUT2D eigenvalue weighted by molar-refractivity contribution is 0.0992. The van der Waals surface area contributed by atoms with Gasteiger partial charge < -0.3 is 11.1 Å². The van der Waals surface area contributed by atoms with Crippen LogP contribution in [0.3, 0.4) is 0 Å². The first kappa shape index (κ1) is 21.4. The molecule has 0 aliphatic heterocycles. The number of anilines is 1. The molecule has 2 aromatic heterocycles. The highest BCUT2D eigenvalue weighted by atomic mass is 35.5. The molecule has 4 aromatic rings. The van der Waals surface area contributed by atoms with Gasteiger partial charge in [-0.1, -0.05) is 23.6 Å². The minimum atomic E-state index is -0.589. The zero-order chi connectivity index (χ0) is 23.8. The summed E-state index contributed by atoms with van der Waals surface area (Å²) in [4.78, 5) is 28.9. The molecule has 2 heterocycles. The first-order valence-corrected chi connectivity index (χ1v) is 10.9. The SMILES string of the molecule is C#Cc1ccc(-n2nc(C(N)=O)c3c2-c2cc(NC(=O)c4cccnc4Cl)ccc2CC3)cc1. The topological polar surface area (TPSA) is 103 Å². The molecule has 0 atom stereocenters. The van der Waals surface area contributed by atoms with Gasteiger partial charge in [0.2, 0.25) is 0 Å². The number of nitrogens with zero attached hydrogens (tertiary/aromatic N) is 3. The molecule has 7 nitrogen and oxygen atoms in total. The van der Waals surface area contributed by atoms with E-state index in [1.54, 1.807) is 16.8 Å². The fourth-order valence-electron chi connectivity index (χ4n) is 4.15. The first-order valence-electron chi connectivity index (χ1n) is 10.5. The Kier molecular flexibility index (Phi) is 5.36. The number of nitrogens with two attached hydrogens (primary N) is 1. The van der Waals surface area contributed by atoms with Crippen LogP contribution >= 0.6 is 11.6 Å². The highest BCUT2D eigenvalue weighted by molar-refractivity contribution is 6.33. The molecule has 0 fully saturated rings. The highest BCUT2D eigenvalue weighted by Crippen LogP contribution is 2.38. The summed E-state index contributed by atoms with van der Waals surface area (Å²) in [6.45, 7) is 0. The Bertz CT molecular complexity index is 1500. The van der Waals surface area contributed by atoms with E-state index in [0.717, 1.165) is 33.6 Å². The van der Waals surface area contributed by atoms with Crippen LogP contribution in [0.2, 0.25) is 5.15 Å². The summed E-state index contributed by atoms with van der Waals surface area (Å²) < 4.78 is 1.71. The van der Waals surface area contributed by atoms with E-state index >= 15 is 0 Å². The molecule has 0 unspecified atom stereocenters. The molecule has 1 aliphatic carbocycles. The number of amides is 2. The molecule has 0 spiro atoms. The van der Waals surface area contributed by atoms with Gasteiger partial charge in [0.1, 0.15) is 5.15 Å². The summed E-state index contributed by atoms with van der Waals surface area (Å²) in [5.74, 6) is 1.63. The van der Waals surface area contributed by atoms with Gasteiger partial charge in [-0.3, -0.25) is 9.59 Å². The molecular formula is C26H18ClN5O2. The van der Waals surface area contributed by atoms with Crippen molar-refractivity contribution in [2.45, 2.75) is 12.8 Å². The van der Waals surface area contributed by atoms with Crippen LogP contribution in [0.15, 0.2) is 60.8 Å². The van der Waals surface area contributed by atoms with Gasteiger partial charge in [-0.05, 0) is 66.9 Å². The molecule has 1 aliphatic rings. The van der Waals surface area contributed by atoms with Crippen molar-refractivity contribution in [2.24, 2.45) is 5.73 Å². The number of halogens is 1. The molecule has 8 heteroatoms. The number of benzene rings is 2. The van der Waals surface area contributed by atoms with Crippen molar-refractivity contribution >= 4 is 29.1 Å². The van der Waals surface area contributed by atoms with Crippen molar-refractivity contribution in [1.82, 2.24) is 14.8 Å². The van der Waals surface area contributed by atoms with E-state index in [9.17, 15) is 9.59 Å². The van der Waals surface area contributed by atoms with Crippen molar-refractivity contribution in [3.63, 3.8) is 0 Å². The van der Waals surface area contributed by atoms with E-state index in [-0.39, 0.29) is 22.3 Å². The van der Waals surface area contributed by atoms with Crippen LogP contribution in [0.4, 0.5) is 5.69 Å². The summed E-state index contributed by atoms with van der Waals surface area (Å²) in [7, 11) is 0. The van der Waals surface area contributed by atoms with Crippen molar-refractivity contribution < 1.29 is 9.59 Å². The van der Waals surface area contributed by atoms with E-state index in [2.05, 4.69) is 21.3 Å². The molecule has 0 bridgehead atoms. The maximum atomic E-state index is 12.8. The van der Waals surface area contributed by atoms with Gasteiger partial charge in [-0.2, -0.15) is 5.10 Å². The molecule has 0 radical (unpaired) electrons. The number of pyridine rings is 1. The Morgan fingerprint density at radius 3 is 2.62 bits per heavy atom. The van der Waals surface area contributed by atoms with Gasteiger partial charge in [-0.15, -0.1) is 6.42 Å². The fraction of sp³-hybridized carbons (Fsp3) is 0.0769. The summed E-state index contributed by atoms with van der Waals surface area (Å²) in [6.07, 6.45) is 8.35. The molecule has 2 aromatic carbocycles. The zero-order valence-corrected chi connectivity index (χ0v) is 18.6. The van der Waals surface area contributed by atoms with Crippen molar-refractivity contribution in [1.29, 1.82) is 0 Å². The van der Waals surface area contributed by atoms with Crippen molar-refractivity contribution in [2.75, 3.05) is 5.32 Å².